The number of rotatable bonds is 42. The van der Waals surface area contributed by atoms with Crippen LogP contribution in [0.15, 0.2) is 128 Å². The fourth-order valence-electron chi connectivity index (χ4n) is 10.1. The second kappa shape index (κ2) is 44.2. The minimum Gasteiger partial charge on any atom is -0.394 e. The normalized spacial score (nSPS) is 25.7. The molecule has 2 rings (SSSR count). The van der Waals surface area contributed by atoms with Crippen molar-refractivity contribution in [1.29, 1.82) is 0 Å². The van der Waals surface area contributed by atoms with Crippen LogP contribution in [0.1, 0.15) is 218 Å². The van der Waals surface area contributed by atoms with Crippen molar-refractivity contribution in [3.05, 3.63) is 128 Å². The van der Waals surface area contributed by atoms with Crippen LogP contribution in [-0.4, -0.2) is 128 Å². The number of amides is 1. The standard InChI is InChI=1S/C69H115NO17P2/c1-48(2)24-14-25-49(3)26-15-27-50(4)28-16-29-51(5)30-17-31-52(6)32-18-33-53(7)34-19-35-54(8)36-20-37-55(9)38-21-39-56(10)40-22-41-57(11)42-23-43-58(12)44-45-82-88(78,79)87-89(80,81)86-68-62(70-59(13)73)67(64(75)61(47-72)83-68)85-69-66(77)65(76)63(74)60(46-71)84-69/h24,26,28,30,32,34,36,38,40,42,44,60-69,71-72,74-77H,14-23,25,27,29,31,33,35,37,39,41,43,45-47H2,1-13H3,(H,70,73)(H,78,79)(H,80,81)/b49-26+,50-28+,51-30-,52-32-,53-34-,54-36-,55-38-,56-40-,57-42-,58-44-/t60-,61-,62-,63-,64-,65+,66+,67-,68-,69-/m1/s1. The van der Waals surface area contributed by atoms with Crippen LogP contribution in [0.3, 0.4) is 0 Å². The van der Waals surface area contributed by atoms with E-state index >= 15 is 0 Å². The third kappa shape index (κ3) is 35.9. The van der Waals surface area contributed by atoms with Crippen LogP contribution in [0.4, 0.5) is 0 Å². The number of nitrogens with one attached hydrogen (secondary N) is 1. The molecule has 0 bridgehead atoms. The maximum absolute atomic E-state index is 13.1. The highest BCUT2D eigenvalue weighted by Gasteiger charge is 2.53. The highest BCUT2D eigenvalue weighted by atomic mass is 31.3. The SMILES string of the molecule is CC(=O)N[C@H]1[C@@H](OP(=O)(O)OP(=O)(O)OC/C=C(/C)CC/C=C(/C)CC/C=C(/C)CC/C=C(/C)CC/C=C(/C)CC/C=C(/C)CC/C=C(/C)CC/C=C(/C)CC/C=C(\C)CC/C=C(\C)CCC=C(C)C)O[C@H](CO)[C@@H](O)[C@@H]1O[C@H]1O[C@H](CO)[C@@H](O)[C@H](O)[C@@H]1O. The summed E-state index contributed by atoms with van der Waals surface area (Å²) in [5.74, 6) is -0.820. The number of carbonyl (C=O) groups is 1. The molecule has 2 unspecified atom stereocenters. The summed E-state index contributed by atoms with van der Waals surface area (Å²) in [6.45, 7) is 25.0. The van der Waals surface area contributed by atoms with E-state index in [9.17, 15) is 54.4 Å². The van der Waals surface area contributed by atoms with Gasteiger partial charge in [0.1, 0.15) is 48.8 Å². The molecule has 0 saturated carbocycles. The first-order valence-corrected chi connectivity index (χ1v) is 35.0. The average molecular weight is 1290 g/mol. The van der Waals surface area contributed by atoms with E-state index in [0.717, 1.165) is 128 Å². The Hall–Kier alpha value is -3.49. The number of phosphoric ester groups is 2. The molecular weight excluding hydrogens is 1180 g/mol. The minimum absolute atomic E-state index is 0.480. The minimum atomic E-state index is -5.64. The Morgan fingerprint density at radius 2 is 0.719 bits per heavy atom. The van der Waals surface area contributed by atoms with Gasteiger partial charge >= 0.3 is 15.6 Å². The molecule has 20 heteroatoms. The molecule has 0 radical (unpaired) electrons. The maximum Gasteiger partial charge on any atom is 0.483 e. The van der Waals surface area contributed by atoms with Gasteiger partial charge in [0.25, 0.3) is 0 Å². The molecule has 508 valence electrons. The van der Waals surface area contributed by atoms with Crippen LogP contribution in [0.5, 0.6) is 0 Å². The summed E-state index contributed by atoms with van der Waals surface area (Å²) < 4.78 is 56.8. The van der Waals surface area contributed by atoms with Gasteiger partial charge in [-0.25, -0.2) is 9.13 Å². The predicted molar refractivity (Wildman–Crippen MR) is 355 cm³/mol. The van der Waals surface area contributed by atoms with Gasteiger partial charge in [-0.1, -0.05) is 128 Å². The van der Waals surface area contributed by atoms with Gasteiger partial charge in [-0.2, -0.15) is 4.31 Å². The quantitative estimate of drug-likeness (QED) is 0.0203. The van der Waals surface area contributed by atoms with Crippen molar-refractivity contribution in [2.24, 2.45) is 0 Å². The highest BCUT2D eigenvalue weighted by Crippen LogP contribution is 2.61. The highest BCUT2D eigenvalue weighted by molar-refractivity contribution is 7.61. The lowest BCUT2D eigenvalue weighted by molar-refractivity contribution is -0.340. The third-order valence-electron chi connectivity index (χ3n) is 15.9. The van der Waals surface area contributed by atoms with Crippen molar-refractivity contribution in [2.45, 2.75) is 280 Å². The number of phosphoric acid groups is 2. The smallest absolute Gasteiger partial charge is 0.394 e. The number of aliphatic hydroxyl groups is 6. The van der Waals surface area contributed by atoms with Gasteiger partial charge in [-0.15, -0.1) is 0 Å². The average Bonchev–Trinajstić information content (AvgIpc) is 1.01. The lowest BCUT2D eigenvalue weighted by atomic mass is 9.95. The molecule has 1 amide bonds. The lowest BCUT2D eigenvalue weighted by Crippen LogP contribution is -2.68. The fraction of sp³-hybridized carbons (Fsp3) is 0.667. The summed E-state index contributed by atoms with van der Waals surface area (Å²) in [5, 5.41) is 63.7. The molecule has 2 fully saturated rings. The Balaban J connectivity index is 1.70. The van der Waals surface area contributed by atoms with Crippen molar-refractivity contribution < 1.29 is 81.9 Å². The van der Waals surface area contributed by atoms with Crippen molar-refractivity contribution in [3.63, 3.8) is 0 Å². The zero-order chi connectivity index (χ0) is 66.7. The third-order valence-corrected chi connectivity index (χ3v) is 18.5. The summed E-state index contributed by atoms with van der Waals surface area (Å²) in [6, 6.07) is -1.76. The molecule has 0 spiro atoms. The van der Waals surface area contributed by atoms with Crippen LogP contribution in [0.25, 0.3) is 0 Å². The first-order chi connectivity index (χ1) is 42.0. The zero-order valence-electron chi connectivity index (χ0n) is 56.0. The first-order valence-electron chi connectivity index (χ1n) is 32.0. The zero-order valence-corrected chi connectivity index (χ0v) is 57.8. The monoisotopic (exact) mass is 1290 g/mol. The van der Waals surface area contributed by atoms with E-state index in [0.29, 0.717) is 12.8 Å². The number of allylic oxidation sites excluding steroid dienone is 21. The second-order valence-corrected chi connectivity index (χ2v) is 27.8. The Morgan fingerprint density at radius 1 is 0.416 bits per heavy atom. The van der Waals surface area contributed by atoms with Gasteiger partial charge in [-0.05, 0) is 212 Å². The van der Waals surface area contributed by atoms with Crippen molar-refractivity contribution in [1.82, 2.24) is 5.32 Å². The van der Waals surface area contributed by atoms with Gasteiger partial charge in [0.15, 0.2) is 12.6 Å². The number of carbonyl (C=O) groups excluding carboxylic acids is 1. The molecule has 9 N–H and O–H groups in total. The van der Waals surface area contributed by atoms with E-state index in [1.807, 2.05) is 0 Å². The van der Waals surface area contributed by atoms with Crippen molar-refractivity contribution >= 4 is 21.6 Å². The summed E-state index contributed by atoms with van der Waals surface area (Å²) >= 11 is 0. The predicted octanol–water partition coefficient (Wildman–Crippen LogP) is 14.2. The Kier molecular flexibility index (Phi) is 40.5. The van der Waals surface area contributed by atoms with Crippen molar-refractivity contribution in [2.75, 3.05) is 19.8 Å². The van der Waals surface area contributed by atoms with Crippen LogP contribution in [-0.2, 0) is 41.5 Å². The molecule has 2 aliphatic heterocycles. The molecular formula is C69H115NO17P2. The maximum atomic E-state index is 13.1. The molecule has 0 aliphatic carbocycles. The largest absolute Gasteiger partial charge is 0.483 e. The van der Waals surface area contributed by atoms with Crippen LogP contribution in [0.2, 0.25) is 0 Å². The van der Waals surface area contributed by atoms with E-state index in [2.05, 4.69) is 147 Å². The van der Waals surface area contributed by atoms with Gasteiger partial charge in [0.05, 0.1) is 19.8 Å². The molecule has 12 atom stereocenters. The topological polar surface area (TPSA) is 280 Å². The summed E-state index contributed by atoms with van der Waals surface area (Å²) in [4.78, 5) is 33.2. The molecule has 2 saturated heterocycles. The Morgan fingerprint density at radius 3 is 1.03 bits per heavy atom. The fourth-order valence-corrected chi connectivity index (χ4v) is 12.2. The summed E-state index contributed by atoms with van der Waals surface area (Å²) in [5.41, 5.74) is 15.1. The molecule has 0 aromatic rings. The van der Waals surface area contributed by atoms with Crippen LogP contribution in [0, 0.1) is 0 Å². The molecule has 2 heterocycles. The van der Waals surface area contributed by atoms with Crippen LogP contribution < -0.4 is 5.32 Å². The number of ether oxygens (including phenoxy) is 3. The lowest BCUT2D eigenvalue weighted by Gasteiger charge is -2.47. The summed E-state index contributed by atoms with van der Waals surface area (Å²) in [7, 11) is -10.9. The van der Waals surface area contributed by atoms with Crippen molar-refractivity contribution in [3.8, 4) is 0 Å². The molecule has 18 nitrogen and oxygen atoms in total. The first kappa shape index (κ1) is 81.6. The molecule has 0 aromatic carbocycles. The van der Waals surface area contributed by atoms with E-state index in [4.69, 9.17) is 23.3 Å². The molecule has 2 aliphatic rings. The van der Waals surface area contributed by atoms with Gasteiger partial charge in [0, 0.05) is 6.92 Å². The van der Waals surface area contributed by atoms with E-state index in [-0.39, 0.29) is 0 Å². The molecule has 0 aromatic heterocycles. The number of hydrogen-bond donors (Lipinski definition) is 9. The van der Waals surface area contributed by atoms with Gasteiger partial charge < -0.3 is 60.0 Å². The molecule has 89 heavy (non-hydrogen) atoms. The van der Waals surface area contributed by atoms with Gasteiger partial charge in [0.2, 0.25) is 5.91 Å². The Labute approximate surface area is 534 Å². The number of hydrogen-bond acceptors (Lipinski definition) is 15. The second-order valence-electron chi connectivity index (χ2n) is 24.8. The van der Waals surface area contributed by atoms with E-state index in [1.54, 1.807) is 6.92 Å². The van der Waals surface area contributed by atoms with Gasteiger partial charge in [-0.3, -0.25) is 13.8 Å². The summed E-state index contributed by atoms with van der Waals surface area (Å²) in [6.07, 6.45) is 29.6. The Bertz CT molecular complexity index is 2590. The van der Waals surface area contributed by atoms with E-state index in [1.165, 1.54) is 61.8 Å². The van der Waals surface area contributed by atoms with E-state index < -0.39 is 103 Å². The number of aliphatic hydroxyl groups excluding tert-OH is 6. The van der Waals surface area contributed by atoms with Crippen LogP contribution >= 0.6 is 15.6 Å².